The molecule has 0 saturated carbocycles. The van der Waals surface area contributed by atoms with Crippen LogP contribution in [0.1, 0.15) is 22.7 Å². The number of nitrogens with zero attached hydrogens (tertiary/aromatic N) is 3. The van der Waals surface area contributed by atoms with E-state index in [1.54, 1.807) is 6.26 Å². The molecule has 1 aromatic carbocycles. The SMILES string of the molecule is Cc1cc(C)nc(NC(=NCCc2ccccc2)NC(=S)NCc2ccco2)n1. The number of rotatable bonds is 6. The third-order valence-corrected chi connectivity index (χ3v) is 4.21. The quantitative estimate of drug-likeness (QED) is 0.327. The van der Waals surface area contributed by atoms with Gasteiger partial charge in [-0.2, -0.15) is 0 Å². The first kappa shape index (κ1) is 20.5. The van der Waals surface area contributed by atoms with Crippen molar-refractivity contribution in [3.8, 4) is 0 Å². The Morgan fingerprint density at radius 2 is 1.83 bits per heavy atom. The second-order valence-corrected chi connectivity index (χ2v) is 6.86. The van der Waals surface area contributed by atoms with Crippen LogP contribution in [0.4, 0.5) is 5.95 Å². The number of anilines is 1. The summed E-state index contributed by atoms with van der Waals surface area (Å²) in [4.78, 5) is 13.4. The maximum Gasteiger partial charge on any atom is 0.229 e. The zero-order chi connectivity index (χ0) is 20.5. The first-order valence-corrected chi connectivity index (χ1v) is 9.74. The molecule has 2 heterocycles. The number of guanidine groups is 1. The molecular formula is C21H24N6OS. The third-order valence-electron chi connectivity index (χ3n) is 3.96. The molecule has 7 nitrogen and oxygen atoms in total. The van der Waals surface area contributed by atoms with Gasteiger partial charge in [0, 0.05) is 17.9 Å². The standard InChI is InChI=1S/C21H24N6OS/c1-15-13-16(2)25-20(24-15)26-19(22-11-10-17-7-4-3-5-8-17)27-21(29)23-14-18-9-6-12-28-18/h3-9,12-13H,10-11,14H2,1-2H3,(H3,22,23,24,25,26,27,29). The van der Waals surface area contributed by atoms with Gasteiger partial charge < -0.3 is 15.1 Å². The number of hydrogen-bond donors (Lipinski definition) is 3. The molecule has 0 bridgehead atoms. The fourth-order valence-electron chi connectivity index (χ4n) is 2.67. The number of hydrogen-bond acceptors (Lipinski definition) is 5. The predicted molar refractivity (Wildman–Crippen MR) is 119 cm³/mol. The molecule has 3 N–H and O–H groups in total. The summed E-state index contributed by atoms with van der Waals surface area (Å²) in [7, 11) is 0. The van der Waals surface area contributed by atoms with Crippen LogP contribution in [0.25, 0.3) is 0 Å². The van der Waals surface area contributed by atoms with Crippen LogP contribution < -0.4 is 16.0 Å². The van der Waals surface area contributed by atoms with Gasteiger partial charge >= 0.3 is 0 Å². The van der Waals surface area contributed by atoms with E-state index >= 15 is 0 Å². The summed E-state index contributed by atoms with van der Waals surface area (Å²) in [5, 5.41) is 9.75. The van der Waals surface area contributed by atoms with Crippen molar-refractivity contribution in [2.24, 2.45) is 4.99 Å². The van der Waals surface area contributed by atoms with Gasteiger partial charge in [0.25, 0.3) is 0 Å². The summed E-state index contributed by atoms with van der Waals surface area (Å²) in [5.74, 6) is 1.76. The lowest BCUT2D eigenvalue weighted by Gasteiger charge is -2.14. The van der Waals surface area contributed by atoms with Crippen molar-refractivity contribution in [3.63, 3.8) is 0 Å². The Labute approximate surface area is 175 Å². The molecule has 3 rings (SSSR count). The van der Waals surface area contributed by atoms with Gasteiger partial charge in [0.1, 0.15) is 5.76 Å². The molecule has 0 amide bonds. The zero-order valence-electron chi connectivity index (χ0n) is 16.5. The predicted octanol–water partition coefficient (Wildman–Crippen LogP) is 3.36. The Balaban J connectivity index is 1.65. The molecule has 150 valence electrons. The summed E-state index contributed by atoms with van der Waals surface area (Å²) in [6.07, 6.45) is 2.44. The first-order chi connectivity index (χ1) is 14.1. The average molecular weight is 409 g/mol. The molecule has 8 heteroatoms. The maximum absolute atomic E-state index is 5.39. The van der Waals surface area contributed by atoms with E-state index in [-0.39, 0.29) is 0 Å². The molecule has 0 radical (unpaired) electrons. The Bertz CT molecular complexity index is 936. The van der Waals surface area contributed by atoms with Crippen molar-refractivity contribution in [3.05, 3.63) is 77.5 Å². The van der Waals surface area contributed by atoms with E-state index < -0.39 is 0 Å². The summed E-state index contributed by atoms with van der Waals surface area (Å²) in [6.45, 7) is 4.92. The van der Waals surface area contributed by atoms with Crippen LogP contribution in [0.3, 0.4) is 0 Å². The van der Waals surface area contributed by atoms with Gasteiger partial charge in [0.2, 0.25) is 11.9 Å². The van der Waals surface area contributed by atoms with Crippen molar-refractivity contribution in [1.82, 2.24) is 20.6 Å². The lowest BCUT2D eigenvalue weighted by atomic mass is 10.2. The van der Waals surface area contributed by atoms with Gasteiger partial charge in [0.15, 0.2) is 5.11 Å². The number of furan rings is 1. The summed E-state index contributed by atoms with van der Waals surface area (Å²) in [6, 6.07) is 15.8. The summed E-state index contributed by atoms with van der Waals surface area (Å²) >= 11 is 5.39. The highest BCUT2D eigenvalue weighted by Gasteiger charge is 2.07. The highest BCUT2D eigenvalue weighted by atomic mass is 32.1. The summed E-state index contributed by atoms with van der Waals surface area (Å²) in [5.41, 5.74) is 2.97. The van der Waals surface area contributed by atoms with Crippen LogP contribution in [-0.4, -0.2) is 27.6 Å². The van der Waals surface area contributed by atoms with Crippen molar-refractivity contribution in [2.45, 2.75) is 26.8 Å². The van der Waals surface area contributed by atoms with E-state index in [1.165, 1.54) is 5.56 Å². The molecule has 0 aliphatic rings. The monoisotopic (exact) mass is 408 g/mol. The molecule has 0 fully saturated rings. The lowest BCUT2D eigenvalue weighted by molar-refractivity contribution is 0.503. The fourth-order valence-corrected chi connectivity index (χ4v) is 2.84. The zero-order valence-corrected chi connectivity index (χ0v) is 17.3. The number of aryl methyl sites for hydroxylation is 2. The van der Waals surface area contributed by atoms with Gasteiger partial charge in [-0.25, -0.2) is 9.97 Å². The van der Waals surface area contributed by atoms with E-state index in [1.807, 2.05) is 50.2 Å². The number of benzene rings is 1. The van der Waals surface area contributed by atoms with Crippen LogP contribution in [0, 0.1) is 13.8 Å². The molecular weight excluding hydrogens is 384 g/mol. The van der Waals surface area contributed by atoms with Crippen molar-refractivity contribution >= 4 is 29.2 Å². The van der Waals surface area contributed by atoms with Crippen LogP contribution in [0.15, 0.2) is 64.2 Å². The number of aromatic nitrogens is 2. The molecule has 0 aliphatic heterocycles. The molecule has 29 heavy (non-hydrogen) atoms. The van der Waals surface area contributed by atoms with E-state index in [4.69, 9.17) is 16.6 Å². The number of thiocarbonyl (C=S) groups is 1. The molecule has 2 aromatic heterocycles. The van der Waals surface area contributed by atoms with Crippen LogP contribution in [-0.2, 0) is 13.0 Å². The van der Waals surface area contributed by atoms with Crippen LogP contribution in [0.5, 0.6) is 0 Å². The maximum atomic E-state index is 5.39. The van der Waals surface area contributed by atoms with E-state index in [9.17, 15) is 0 Å². The highest BCUT2D eigenvalue weighted by Crippen LogP contribution is 2.04. The third kappa shape index (κ3) is 7.00. The number of nitrogens with one attached hydrogen (secondary N) is 3. The molecule has 0 spiro atoms. The first-order valence-electron chi connectivity index (χ1n) is 9.33. The largest absolute Gasteiger partial charge is 0.467 e. The Kier molecular flexibility index (Phi) is 7.29. The molecule has 3 aromatic rings. The lowest BCUT2D eigenvalue weighted by Crippen LogP contribution is -2.42. The van der Waals surface area contributed by atoms with Crippen LogP contribution in [0.2, 0.25) is 0 Å². The minimum Gasteiger partial charge on any atom is -0.467 e. The van der Waals surface area contributed by atoms with Crippen molar-refractivity contribution in [1.29, 1.82) is 0 Å². The van der Waals surface area contributed by atoms with E-state index in [0.717, 1.165) is 23.6 Å². The number of aliphatic imine (C=N–C) groups is 1. The molecule has 0 saturated heterocycles. The van der Waals surface area contributed by atoms with Gasteiger partial charge in [-0.1, -0.05) is 30.3 Å². The topological polar surface area (TPSA) is 87.4 Å². The minimum atomic E-state index is 0.428. The van der Waals surface area contributed by atoms with Gasteiger partial charge in [0.05, 0.1) is 12.8 Å². The smallest absolute Gasteiger partial charge is 0.229 e. The Morgan fingerprint density at radius 1 is 1.07 bits per heavy atom. The molecule has 0 atom stereocenters. The molecule has 0 aliphatic carbocycles. The Hall–Kier alpha value is -3.26. The fraction of sp³-hybridized carbons (Fsp3) is 0.238. The highest BCUT2D eigenvalue weighted by molar-refractivity contribution is 7.80. The average Bonchev–Trinajstić information content (AvgIpc) is 3.20. The van der Waals surface area contributed by atoms with Crippen molar-refractivity contribution < 1.29 is 4.42 Å². The molecule has 0 unspecified atom stereocenters. The normalized spacial score (nSPS) is 11.2. The van der Waals surface area contributed by atoms with E-state index in [2.05, 4.69) is 43.0 Å². The Morgan fingerprint density at radius 3 is 2.52 bits per heavy atom. The van der Waals surface area contributed by atoms with E-state index in [0.29, 0.717) is 30.1 Å². The van der Waals surface area contributed by atoms with Gasteiger partial charge in [-0.3, -0.25) is 10.3 Å². The van der Waals surface area contributed by atoms with Crippen molar-refractivity contribution in [2.75, 3.05) is 11.9 Å². The van der Waals surface area contributed by atoms with Gasteiger partial charge in [-0.05, 0) is 56.2 Å². The van der Waals surface area contributed by atoms with Crippen LogP contribution >= 0.6 is 12.2 Å². The second-order valence-electron chi connectivity index (χ2n) is 6.45. The minimum absolute atomic E-state index is 0.428. The van der Waals surface area contributed by atoms with Gasteiger partial charge in [-0.15, -0.1) is 0 Å². The second kappa shape index (κ2) is 10.3. The summed E-state index contributed by atoms with van der Waals surface area (Å²) < 4.78 is 5.31.